The maximum Gasteiger partial charge on any atom is 0.333 e. The molecule has 0 bridgehead atoms. The van der Waals surface area contributed by atoms with E-state index < -0.39 is 23.4 Å². The molecule has 166 valence electrons. The summed E-state index contributed by atoms with van der Waals surface area (Å²) in [5.41, 5.74) is 1.29. The van der Waals surface area contributed by atoms with E-state index >= 15 is 0 Å². The number of thioether (sulfide) groups is 1. The molecule has 12 heteroatoms. The van der Waals surface area contributed by atoms with Gasteiger partial charge in [-0.05, 0) is 11.0 Å². The van der Waals surface area contributed by atoms with Gasteiger partial charge in [0.25, 0.3) is 0 Å². The van der Waals surface area contributed by atoms with Crippen LogP contribution in [0.3, 0.4) is 0 Å². The van der Waals surface area contributed by atoms with E-state index in [0.717, 1.165) is 16.9 Å². The van der Waals surface area contributed by atoms with E-state index in [9.17, 15) is 19.2 Å². The van der Waals surface area contributed by atoms with Crippen molar-refractivity contribution in [3.63, 3.8) is 0 Å². The Hall–Kier alpha value is -3.25. The van der Waals surface area contributed by atoms with Gasteiger partial charge in [0.1, 0.15) is 16.4 Å². The van der Waals surface area contributed by atoms with Crippen LogP contribution in [0.2, 0.25) is 0 Å². The lowest BCUT2D eigenvalue weighted by Gasteiger charge is -2.51. The Labute approximate surface area is 191 Å². The number of amides is 3. The fraction of sp³-hybridized carbons (Fsp3) is 0.300. The SMILES string of the molecule is COC(=O)C1C(c2nnc(NC(C)=O)s2)=CS[C@@H]2C(NC(=O)Cc3ccccc3)C(=O)N12. The Balaban J connectivity index is 1.52. The first-order valence-corrected chi connectivity index (χ1v) is 11.3. The molecule has 0 spiro atoms. The van der Waals surface area contributed by atoms with Gasteiger partial charge in [-0.3, -0.25) is 14.4 Å². The predicted molar refractivity (Wildman–Crippen MR) is 118 cm³/mol. The molecular weight excluding hydrogens is 454 g/mol. The summed E-state index contributed by atoms with van der Waals surface area (Å²) < 4.78 is 4.93. The van der Waals surface area contributed by atoms with Crippen LogP contribution >= 0.6 is 23.1 Å². The minimum Gasteiger partial charge on any atom is -0.467 e. The average molecular weight is 474 g/mol. The summed E-state index contributed by atoms with van der Waals surface area (Å²) in [6, 6.07) is 7.46. The van der Waals surface area contributed by atoms with Crippen LogP contribution in [0, 0.1) is 0 Å². The summed E-state index contributed by atoms with van der Waals surface area (Å²) in [7, 11) is 1.24. The second-order valence-electron chi connectivity index (χ2n) is 7.07. The lowest BCUT2D eigenvalue weighted by molar-refractivity contribution is -0.160. The molecule has 3 amide bonds. The highest BCUT2D eigenvalue weighted by molar-refractivity contribution is 8.03. The average Bonchev–Trinajstić information content (AvgIpc) is 3.24. The number of hydrogen-bond donors (Lipinski definition) is 2. The van der Waals surface area contributed by atoms with Crippen molar-refractivity contribution in [2.75, 3.05) is 12.4 Å². The molecule has 1 aromatic carbocycles. The van der Waals surface area contributed by atoms with Gasteiger partial charge >= 0.3 is 5.97 Å². The van der Waals surface area contributed by atoms with Gasteiger partial charge in [-0.2, -0.15) is 0 Å². The van der Waals surface area contributed by atoms with Crippen molar-refractivity contribution in [2.45, 2.75) is 30.8 Å². The first-order valence-electron chi connectivity index (χ1n) is 9.59. The van der Waals surface area contributed by atoms with Gasteiger partial charge in [0.15, 0.2) is 6.04 Å². The summed E-state index contributed by atoms with van der Waals surface area (Å²) >= 11 is 2.39. The zero-order chi connectivity index (χ0) is 22.8. The van der Waals surface area contributed by atoms with E-state index in [1.165, 1.54) is 30.7 Å². The minimum absolute atomic E-state index is 0.153. The topological polar surface area (TPSA) is 131 Å². The first kappa shape index (κ1) is 22.0. The normalized spacial score (nSPS) is 21.7. The van der Waals surface area contributed by atoms with Gasteiger partial charge in [-0.25, -0.2) is 4.79 Å². The molecule has 32 heavy (non-hydrogen) atoms. The van der Waals surface area contributed by atoms with E-state index in [4.69, 9.17) is 4.74 Å². The number of nitrogens with one attached hydrogen (secondary N) is 2. The highest BCUT2D eigenvalue weighted by atomic mass is 32.2. The Morgan fingerprint density at radius 1 is 1.19 bits per heavy atom. The fourth-order valence-corrected chi connectivity index (χ4v) is 5.59. The van der Waals surface area contributed by atoms with Crippen LogP contribution in [-0.2, 0) is 30.3 Å². The lowest BCUT2D eigenvalue weighted by Crippen LogP contribution is -2.73. The van der Waals surface area contributed by atoms with E-state index in [0.29, 0.717) is 10.6 Å². The van der Waals surface area contributed by atoms with Crippen molar-refractivity contribution in [3.8, 4) is 0 Å². The van der Waals surface area contributed by atoms with Gasteiger partial charge in [0.2, 0.25) is 22.9 Å². The lowest BCUT2D eigenvalue weighted by atomic mass is 9.98. The van der Waals surface area contributed by atoms with Crippen LogP contribution in [0.15, 0.2) is 35.7 Å². The smallest absolute Gasteiger partial charge is 0.333 e. The molecule has 2 aliphatic heterocycles. The van der Waals surface area contributed by atoms with Crippen molar-refractivity contribution in [2.24, 2.45) is 0 Å². The number of rotatable bonds is 6. The summed E-state index contributed by atoms with van der Waals surface area (Å²) in [6.45, 7) is 1.35. The van der Waals surface area contributed by atoms with Crippen LogP contribution in [0.1, 0.15) is 17.5 Å². The van der Waals surface area contributed by atoms with Crippen LogP contribution in [0.4, 0.5) is 5.13 Å². The second kappa shape index (κ2) is 9.09. The van der Waals surface area contributed by atoms with E-state index in [1.54, 1.807) is 5.41 Å². The minimum atomic E-state index is -1.01. The van der Waals surface area contributed by atoms with Crippen molar-refractivity contribution in [3.05, 3.63) is 46.3 Å². The quantitative estimate of drug-likeness (QED) is 0.470. The van der Waals surface area contributed by atoms with E-state index in [2.05, 4.69) is 20.8 Å². The number of hydrogen-bond acceptors (Lipinski definition) is 9. The summed E-state index contributed by atoms with van der Waals surface area (Å²) in [4.78, 5) is 50.6. The molecule has 2 aliphatic rings. The monoisotopic (exact) mass is 473 g/mol. The second-order valence-corrected chi connectivity index (χ2v) is 9.04. The van der Waals surface area contributed by atoms with E-state index in [1.807, 2.05) is 30.3 Å². The molecule has 3 heterocycles. The number of anilines is 1. The van der Waals surface area contributed by atoms with Crippen LogP contribution in [0.25, 0.3) is 5.57 Å². The number of fused-ring (bicyclic) bond motifs is 1. The Morgan fingerprint density at radius 2 is 1.94 bits per heavy atom. The third kappa shape index (κ3) is 4.23. The van der Waals surface area contributed by atoms with Gasteiger partial charge in [-0.1, -0.05) is 41.7 Å². The number of esters is 1. The molecule has 2 aromatic rings. The van der Waals surface area contributed by atoms with Crippen LogP contribution < -0.4 is 10.6 Å². The van der Waals surface area contributed by atoms with Crippen molar-refractivity contribution >= 4 is 57.5 Å². The summed E-state index contributed by atoms with van der Waals surface area (Å²) in [5, 5.41) is 15.2. The number of benzene rings is 1. The Bertz CT molecular complexity index is 1100. The van der Waals surface area contributed by atoms with Gasteiger partial charge in [0.05, 0.1) is 13.5 Å². The molecule has 1 saturated heterocycles. The molecule has 2 unspecified atom stereocenters. The molecule has 0 radical (unpaired) electrons. The molecule has 10 nitrogen and oxygen atoms in total. The number of methoxy groups -OCH3 is 1. The Morgan fingerprint density at radius 3 is 2.62 bits per heavy atom. The first-order chi connectivity index (χ1) is 15.4. The fourth-order valence-electron chi connectivity index (χ4n) is 3.46. The summed E-state index contributed by atoms with van der Waals surface area (Å²) in [5.74, 6) is -1.57. The van der Waals surface area contributed by atoms with E-state index in [-0.39, 0.29) is 29.3 Å². The number of ether oxygens (including phenoxy) is 1. The molecular formula is C20H19N5O5S2. The van der Waals surface area contributed by atoms with Gasteiger partial charge in [0, 0.05) is 12.5 Å². The zero-order valence-electron chi connectivity index (χ0n) is 17.1. The van der Waals surface area contributed by atoms with Crippen molar-refractivity contribution in [1.82, 2.24) is 20.4 Å². The molecule has 1 fully saturated rings. The molecule has 1 aromatic heterocycles. The van der Waals surface area contributed by atoms with Gasteiger partial charge in [-0.15, -0.1) is 22.0 Å². The molecule has 0 aliphatic carbocycles. The zero-order valence-corrected chi connectivity index (χ0v) is 18.7. The van der Waals surface area contributed by atoms with Crippen molar-refractivity contribution in [1.29, 1.82) is 0 Å². The number of carbonyl (C=O) groups excluding carboxylic acids is 4. The molecule has 0 saturated carbocycles. The molecule has 4 rings (SSSR count). The maximum atomic E-state index is 12.9. The number of β-lactam (4-membered cyclic amide) rings is 1. The van der Waals surface area contributed by atoms with Crippen LogP contribution in [-0.4, -0.2) is 63.4 Å². The predicted octanol–water partition coefficient (Wildman–Crippen LogP) is 1.02. The number of carbonyl (C=O) groups is 4. The van der Waals surface area contributed by atoms with Crippen molar-refractivity contribution < 1.29 is 23.9 Å². The number of aromatic nitrogens is 2. The Kier molecular flexibility index (Phi) is 6.24. The maximum absolute atomic E-state index is 12.9. The highest BCUT2D eigenvalue weighted by Crippen LogP contribution is 2.44. The van der Waals surface area contributed by atoms with Crippen LogP contribution in [0.5, 0.6) is 0 Å². The third-order valence-electron chi connectivity index (χ3n) is 4.89. The highest BCUT2D eigenvalue weighted by Gasteiger charge is 2.56. The molecule has 3 atom stereocenters. The largest absolute Gasteiger partial charge is 0.467 e. The molecule has 2 N–H and O–H groups in total. The van der Waals surface area contributed by atoms with Gasteiger partial charge < -0.3 is 20.3 Å². The third-order valence-corrected chi connectivity index (χ3v) is 6.95. The number of nitrogens with zero attached hydrogens (tertiary/aromatic N) is 3. The standard InChI is InChI=1S/C20H19N5O5S2/c1-10(26)21-20-24-23-16(32-20)12-9-31-18-14(17(28)25(18)15(12)19(29)30-2)22-13(27)8-11-6-4-3-5-7-11/h3-7,9,14-15,18H,8H2,1-2H3,(H,22,27)(H,21,24,26)/t14?,15?,18-/m1/s1. The summed E-state index contributed by atoms with van der Waals surface area (Å²) in [6.07, 6.45) is 0.153.